The van der Waals surface area contributed by atoms with Crippen molar-refractivity contribution < 1.29 is 14.3 Å². The van der Waals surface area contributed by atoms with Crippen molar-refractivity contribution >= 4 is 17.5 Å². The minimum Gasteiger partial charge on any atom is -0.486 e. The number of nitrogens with zero attached hydrogens (tertiary/aromatic N) is 2. The number of hydrogen-bond acceptors (Lipinski definition) is 5. The van der Waals surface area contributed by atoms with Gasteiger partial charge in [0.05, 0.1) is 5.69 Å². The normalized spacial score (nSPS) is 19.3. The molecule has 1 saturated heterocycles. The molecular formula is C24H30N4O3. The molecule has 0 atom stereocenters. The van der Waals surface area contributed by atoms with E-state index in [9.17, 15) is 4.79 Å². The van der Waals surface area contributed by atoms with E-state index in [1.165, 1.54) is 31.2 Å². The fourth-order valence-corrected chi connectivity index (χ4v) is 5.08. The number of carbonyl (C=O) groups is 1. The fourth-order valence-electron chi connectivity index (χ4n) is 5.08. The average molecular weight is 423 g/mol. The van der Waals surface area contributed by atoms with Gasteiger partial charge in [-0.2, -0.15) is 0 Å². The average Bonchev–Trinajstić information content (AvgIpc) is 3.51. The maximum absolute atomic E-state index is 12.8. The predicted molar refractivity (Wildman–Crippen MR) is 120 cm³/mol. The Morgan fingerprint density at radius 1 is 1.03 bits per heavy atom. The molecule has 3 heterocycles. The highest BCUT2D eigenvalue weighted by molar-refractivity contribution is 5.92. The molecule has 7 nitrogen and oxygen atoms in total. The number of carbonyl (C=O) groups excluding carboxylic acids is 1. The predicted octanol–water partition coefficient (Wildman–Crippen LogP) is 4.09. The van der Waals surface area contributed by atoms with Crippen LogP contribution in [0.25, 0.3) is 0 Å². The number of rotatable bonds is 5. The SMILES string of the molecule is O=C(NCC1(c2ccc3c(c2)OCCO3)CCCC1)Nc1cccnc1N1CCCC1. The van der Waals surface area contributed by atoms with E-state index in [1.807, 2.05) is 18.2 Å². The largest absolute Gasteiger partial charge is 0.486 e. The first-order chi connectivity index (χ1) is 15.2. The van der Waals surface area contributed by atoms with Crippen molar-refractivity contribution in [2.45, 2.75) is 43.9 Å². The zero-order valence-corrected chi connectivity index (χ0v) is 17.9. The lowest BCUT2D eigenvalue weighted by Crippen LogP contribution is -2.41. The molecule has 2 fully saturated rings. The molecule has 0 radical (unpaired) electrons. The Labute approximate surface area is 183 Å². The molecule has 0 unspecified atom stereocenters. The Morgan fingerprint density at radius 2 is 1.81 bits per heavy atom. The van der Waals surface area contributed by atoms with Crippen LogP contribution in [0.1, 0.15) is 44.1 Å². The van der Waals surface area contributed by atoms with Crippen LogP contribution < -0.4 is 25.0 Å². The lowest BCUT2D eigenvalue weighted by atomic mass is 9.78. The summed E-state index contributed by atoms with van der Waals surface area (Å²) < 4.78 is 11.5. The van der Waals surface area contributed by atoms with Crippen molar-refractivity contribution in [3.63, 3.8) is 0 Å². The van der Waals surface area contributed by atoms with Gasteiger partial charge in [0, 0.05) is 31.2 Å². The number of pyridine rings is 1. The van der Waals surface area contributed by atoms with Crippen LogP contribution in [0.3, 0.4) is 0 Å². The van der Waals surface area contributed by atoms with E-state index in [-0.39, 0.29) is 11.4 Å². The van der Waals surface area contributed by atoms with Gasteiger partial charge in [-0.15, -0.1) is 0 Å². The minimum atomic E-state index is -0.183. The van der Waals surface area contributed by atoms with E-state index < -0.39 is 0 Å². The van der Waals surface area contributed by atoms with Gasteiger partial charge < -0.3 is 25.0 Å². The summed E-state index contributed by atoms with van der Waals surface area (Å²) in [7, 11) is 0. The zero-order chi connectivity index (χ0) is 21.1. The summed E-state index contributed by atoms with van der Waals surface area (Å²) in [5, 5.41) is 6.17. The van der Waals surface area contributed by atoms with Crippen LogP contribution in [0.4, 0.5) is 16.3 Å². The molecule has 3 aliphatic rings. The molecule has 1 saturated carbocycles. The van der Waals surface area contributed by atoms with E-state index in [0.29, 0.717) is 19.8 Å². The standard InChI is InChI=1S/C24H30N4O3/c29-23(27-19-6-5-11-25-22(19)28-12-3-4-13-28)26-17-24(9-1-2-10-24)18-7-8-20-21(16-18)31-15-14-30-20/h5-8,11,16H,1-4,9-10,12-15,17H2,(H2,26,27,29). The number of aromatic nitrogens is 1. The number of benzene rings is 1. The molecule has 164 valence electrons. The van der Waals surface area contributed by atoms with Gasteiger partial charge in [0.1, 0.15) is 13.2 Å². The Balaban J connectivity index is 1.28. The molecular weight excluding hydrogens is 392 g/mol. The molecule has 2 N–H and O–H groups in total. The minimum absolute atomic E-state index is 0.0695. The molecule has 0 spiro atoms. The Kier molecular flexibility index (Phi) is 5.57. The smallest absolute Gasteiger partial charge is 0.319 e. The number of fused-ring (bicyclic) bond motifs is 1. The maximum atomic E-state index is 12.8. The third-order valence-corrected chi connectivity index (χ3v) is 6.74. The van der Waals surface area contributed by atoms with Gasteiger partial charge in [0.2, 0.25) is 0 Å². The van der Waals surface area contributed by atoms with Crippen molar-refractivity contribution in [3.05, 3.63) is 42.1 Å². The molecule has 31 heavy (non-hydrogen) atoms. The van der Waals surface area contributed by atoms with E-state index in [4.69, 9.17) is 9.47 Å². The van der Waals surface area contributed by atoms with Gasteiger partial charge in [-0.25, -0.2) is 9.78 Å². The molecule has 2 aromatic rings. The second kappa shape index (κ2) is 8.65. The summed E-state index contributed by atoms with van der Waals surface area (Å²) in [6.45, 7) is 3.74. The number of amides is 2. The van der Waals surface area contributed by atoms with E-state index in [0.717, 1.165) is 48.9 Å². The first-order valence-corrected chi connectivity index (χ1v) is 11.4. The summed E-state index contributed by atoms with van der Waals surface area (Å²) in [6.07, 6.45) is 8.56. The number of anilines is 2. The quantitative estimate of drug-likeness (QED) is 0.759. The van der Waals surface area contributed by atoms with Crippen molar-refractivity contribution in [2.24, 2.45) is 0 Å². The highest BCUT2D eigenvalue weighted by Crippen LogP contribution is 2.43. The van der Waals surface area contributed by atoms with Gasteiger partial charge in [-0.1, -0.05) is 18.9 Å². The van der Waals surface area contributed by atoms with Gasteiger partial charge in [0.25, 0.3) is 0 Å². The number of hydrogen-bond donors (Lipinski definition) is 2. The molecule has 2 aliphatic heterocycles. The zero-order valence-electron chi connectivity index (χ0n) is 17.9. The fraction of sp³-hybridized carbons (Fsp3) is 0.500. The van der Waals surface area contributed by atoms with Crippen molar-refractivity contribution in [2.75, 3.05) is 43.1 Å². The Morgan fingerprint density at radius 3 is 2.61 bits per heavy atom. The molecule has 1 aromatic carbocycles. The highest BCUT2D eigenvalue weighted by Gasteiger charge is 2.37. The Bertz CT molecular complexity index is 936. The first-order valence-electron chi connectivity index (χ1n) is 11.4. The summed E-state index contributed by atoms with van der Waals surface area (Å²) in [5.41, 5.74) is 1.91. The Hall–Kier alpha value is -2.96. The van der Waals surface area contributed by atoms with E-state index in [1.54, 1.807) is 6.20 Å². The molecule has 1 aliphatic carbocycles. The van der Waals surface area contributed by atoms with Gasteiger partial charge in [-0.05, 0) is 55.5 Å². The summed E-state index contributed by atoms with van der Waals surface area (Å²) in [5.74, 6) is 2.47. The van der Waals surface area contributed by atoms with Crippen LogP contribution in [0.2, 0.25) is 0 Å². The number of ether oxygens (including phenoxy) is 2. The van der Waals surface area contributed by atoms with Crippen LogP contribution >= 0.6 is 0 Å². The summed E-state index contributed by atoms with van der Waals surface area (Å²) >= 11 is 0. The molecule has 2 amide bonds. The lowest BCUT2D eigenvalue weighted by Gasteiger charge is -2.31. The van der Waals surface area contributed by atoms with Crippen LogP contribution in [-0.2, 0) is 5.41 Å². The third-order valence-electron chi connectivity index (χ3n) is 6.74. The number of nitrogens with one attached hydrogen (secondary N) is 2. The lowest BCUT2D eigenvalue weighted by molar-refractivity contribution is 0.171. The molecule has 1 aromatic heterocycles. The second-order valence-corrected chi connectivity index (χ2v) is 8.72. The van der Waals surface area contributed by atoms with Crippen molar-refractivity contribution in [1.82, 2.24) is 10.3 Å². The topological polar surface area (TPSA) is 75.7 Å². The maximum Gasteiger partial charge on any atom is 0.319 e. The van der Waals surface area contributed by atoms with Gasteiger partial charge >= 0.3 is 6.03 Å². The van der Waals surface area contributed by atoms with Gasteiger partial charge in [0.15, 0.2) is 17.3 Å². The molecule has 0 bridgehead atoms. The van der Waals surface area contributed by atoms with Crippen LogP contribution in [-0.4, -0.2) is 43.9 Å². The van der Waals surface area contributed by atoms with E-state index in [2.05, 4.69) is 32.7 Å². The van der Waals surface area contributed by atoms with Crippen LogP contribution in [0.15, 0.2) is 36.5 Å². The van der Waals surface area contributed by atoms with Crippen LogP contribution in [0, 0.1) is 0 Å². The monoisotopic (exact) mass is 422 g/mol. The first kappa shape index (κ1) is 20.0. The van der Waals surface area contributed by atoms with Crippen molar-refractivity contribution in [3.8, 4) is 11.5 Å². The van der Waals surface area contributed by atoms with Gasteiger partial charge in [-0.3, -0.25) is 0 Å². The van der Waals surface area contributed by atoms with E-state index >= 15 is 0 Å². The summed E-state index contributed by atoms with van der Waals surface area (Å²) in [4.78, 5) is 19.6. The van der Waals surface area contributed by atoms with Crippen LogP contribution in [0.5, 0.6) is 11.5 Å². The summed E-state index contributed by atoms with van der Waals surface area (Å²) in [6, 6.07) is 9.84. The molecule has 5 rings (SSSR count). The highest BCUT2D eigenvalue weighted by atomic mass is 16.6. The molecule has 7 heteroatoms. The van der Waals surface area contributed by atoms with Crippen molar-refractivity contribution in [1.29, 1.82) is 0 Å². The third kappa shape index (κ3) is 4.13. The number of urea groups is 1. The second-order valence-electron chi connectivity index (χ2n) is 8.72.